The van der Waals surface area contributed by atoms with Gasteiger partial charge in [0.1, 0.15) is 0 Å². The van der Waals surface area contributed by atoms with E-state index in [2.05, 4.69) is 17.3 Å². The Morgan fingerprint density at radius 2 is 2.45 bits per heavy atom. The van der Waals surface area contributed by atoms with E-state index in [4.69, 9.17) is 4.74 Å². The van der Waals surface area contributed by atoms with Crippen molar-refractivity contribution in [2.75, 3.05) is 19.8 Å². The van der Waals surface area contributed by atoms with Gasteiger partial charge in [-0.3, -0.25) is 9.48 Å². The van der Waals surface area contributed by atoms with E-state index in [0.717, 1.165) is 44.7 Å². The molecule has 0 bridgehead atoms. The first-order chi connectivity index (χ1) is 9.72. The first kappa shape index (κ1) is 15.0. The van der Waals surface area contributed by atoms with Crippen molar-refractivity contribution in [3.05, 3.63) is 17.5 Å². The van der Waals surface area contributed by atoms with Gasteiger partial charge >= 0.3 is 0 Å². The van der Waals surface area contributed by atoms with Gasteiger partial charge in [0.15, 0.2) is 0 Å². The van der Waals surface area contributed by atoms with Gasteiger partial charge in [-0.2, -0.15) is 5.10 Å². The monoisotopic (exact) mass is 279 g/mol. The number of carbonyl (C=O) groups excluding carboxylic acids is 1. The Morgan fingerprint density at radius 1 is 1.60 bits per heavy atom. The van der Waals surface area contributed by atoms with Crippen LogP contribution in [-0.4, -0.2) is 35.4 Å². The Balaban J connectivity index is 1.79. The van der Waals surface area contributed by atoms with Crippen molar-refractivity contribution in [3.8, 4) is 0 Å². The molecule has 0 aliphatic carbocycles. The Labute approximate surface area is 120 Å². The van der Waals surface area contributed by atoms with Crippen LogP contribution in [0.15, 0.2) is 6.20 Å². The molecule has 1 aromatic heterocycles. The van der Waals surface area contributed by atoms with Crippen molar-refractivity contribution in [3.63, 3.8) is 0 Å². The van der Waals surface area contributed by atoms with E-state index in [9.17, 15) is 4.79 Å². The lowest BCUT2D eigenvalue weighted by molar-refractivity contribution is 0.0514. The highest BCUT2D eigenvalue weighted by atomic mass is 16.5. The van der Waals surface area contributed by atoms with Crippen LogP contribution in [0.25, 0.3) is 0 Å². The van der Waals surface area contributed by atoms with Crippen LogP contribution >= 0.6 is 0 Å². The molecule has 5 heteroatoms. The van der Waals surface area contributed by atoms with E-state index in [1.165, 1.54) is 6.42 Å². The molecule has 1 N–H and O–H groups in total. The van der Waals surface area contributed by atoms with Crippen LogP contribution in [-0.2, 0) is 11.3 Å². The van der Waals surface area contributed by atoms with Crippen molar-refractivity contribution < 1.29 is 9.53 Å². The molecule has 2 rings (SSSR count). The number of aromatic nitrogens is 2. The quantitative estimate of drug-likeness (QED) is 0.868. The maximum Gasteiger partial charge on any atom is 0.254 e. The van der Waals surface area contributed by atoms with Crippen molar-refractivity contribution in [1.29, 1.82) is 0 Å². The molecule has 1 amide bonds. The molecule has 0 aromatic carbocycles. The van der Waals surface area contributed by atoms with Gasteiger partial charge in [0.25, 0.3) is 5.91 Å². The summed E-state index contributed by atoms with van der Waals surface area (Å²) in [6.07, 6.45) is 6.04. The summed E-state index contributed by atoms with van der Waals surface area (Å²) < 4.78 is 7.34. The van der Waals surface area contributed by atoms with Gasteiger partial charge in [0, 0.05) is 32.0 Å². The van der Waals surface area contributed by atoms with Gasteiger partial charge in [0.2, 0.25) is 0 Å². The molecule has 0 spiro atoms. The smallest absolute Gasteiger partial charge is 0.254 e. The lowest BCUT2D eigenvalue weighted by Crippen LogP contribution is -2.28. The largest absolute Gasteiger partial charge is 0.381 e. The standard InChI is InChI=1S/C15H25N3O2/c1-3-8-18-12(2)14(10-17-18)15(19)16-7-6-13-5-4-9-20-11-13/h10,13H,3-9,11H2,1-2H3,(H,16,19)/t13-/m0/s1. The second-order valence-corrected chi connectivity index (χ2v) is 5.49. The molecule has 20 heavy (non-hydrogen) atoms. The molecule has 1 fully saturated rings. The number of hydrogen-bond donors (Lipinski definition) is 1. The van der Waals surface area contributed by atoms with E-state index in [1.54, 1.807) is 6.20 Å². The normalized spacial score (nSPS) is 19.0. The maximum atomic E-state index is 12.1. The Morgan fingerprint density at radius 3 is 3.15 bits per heavy atom. The average molecular weight is 279 g/mol. The minimum absolute atomic E-state index is 0.0124. The third-order valence-corrected chi connectivity index (χ3v) is 3.88. The zero-order valence-corrected chi connectivity index (χ0v) is 12.5. The zero-order chi connectivity index (χ0) is 14.4. The summed E-state index contributed by atoms with van der Waals surface area (Å²) in [7, 11) is 0. The molecule has 1 aliphatic rings. The Kier molecular flexibility index (Phi) is 5.59. The fourth-order valence-electron chi connectivity index (χ4n) is 2.63. The van der Waals surface area contributed by atoms with Crippen molar-refractivity contribution in [1.82, 2.24) is 15.1 Å². The third kappa shape index (κ3) is 3.82. The molecule has 1 atom stereocenters. The van der Waals surface area contributed by atoms with Crippen LogP contribution in [0.1, 0.15) is 48.7 Å². The van der Waals surface area contributed by atoms with E-state index in [1.807, 2.05) is 11.6 Å². The minimum Gasteiger partial charge on any atom is -0.381 e. The molecule has 0 radical (unpaired) electrons. The number of carbonyl (C=O) groups is 1. The second-order valence-electron chi connectivity index (χ2n) is 5.49. The highest BCUT2D eigenvalue weighted by Crippen LogP contribution is 2.16. The van der Waals surface area contributed by atoms with Gasteiger partial charge in [-0.05, 0) is 38.5 Å². The summed E-state index contributed by atoms with van der Waals surface area (Å²) in [4.78, 5) is 12.1. The topological polar surface area (TPSA) is 56.2 Å². The second kappa shape index (κ2) is 7.43. The van der Waals surface area contributed by atoms with Gasteiger partial charge in [-0.15, -0.1) is 0 Å². The predicted molar refractivity (Wildman–Crippen MR) is 77.7 cm³/mol. The summed E-state index contributed by atoms with van der Waals surface area (Å²) in [6.45, 7) is 7.35. The van der Waals surface area contributed by atoms with E-state index in [-0.39, 0.29) is 5.91 Å². The number of amides is 1. The fraction of sp³-hybridized carbons (Fsp3) is 0.733. The van der Waals surface area contributed by atoms with Crippen LogP contribution in [0.2, 0.25) is 0 Å². The number of nitrogens with one attached hydrogen (secondary N) is 1. The molecule has 1 aliphatic heterocycles. The third-order valence-electron chi connectivity index (χ3n) is 3.88. The number of rotatable bonds is 6. The van der Waals surface area contributed by atoms with E-state index < -0.39 is 0 Å². The lowest BCUT2D eigenvalue weighted by Gasteiger charge is -2.21. The van der Waals surface area contributed by atoms with Crippen molar-refractivity contribution >= 4 is 5.91 Å². The fourth-order valence-corrected chi connectivity index (χ4v) is 2.63. The lowest BCUT2D eigenvalue weighted by atomic mass is 9.99. The van der Waals surface area contributed by atoms with Gasteiger partial charge < -0.3 is 10.1 Å². The first-order valence-electron chi connectivity index (χ1n) is 7.60. The summed E-state index contributed by atoms with van der Waals surface area (Å²) in [6, 6.07) is 0. The molecule has 1 saturated heterocycles. The molecule has 1 aromatic rings. The summed E-state index contributed by atoms with van der Waals surface area (Å²) in [5.74, 6) is 0.578. The molecule has 0 saturated carbocycles. The molecule has 0 unspecified atom stereocenters. The molecule has 2 heterocycles. The van der Waals surface area contributed by atoms with Crippen molar-refractivity contribution in [2.24, 2.45) is 5.92 Å². The Hall–Kier alpha value is -1.36. The number of nitrogens with zero attached hydrogens (tertiary/aromatic N) is 2. The van der Waals surface area contributed by atoms with Crippen LogP contribution in [0, 0.1) is 12.8 Å². The Bertz CT molecular complexity index is 436. The van der Waals surface area contributed by atoms with Gasteiger partial charge in [-0.25, -0.2) is 0 Å². The average Bonchev–Trinajstić information content (AvgIpc) is 2.82. The van der Waals surface area contributed by atoms with Crippen molar-refractivity contribution in [2.45, 2.75) is 46.1 Å². The molecule has 5 nitrogen and oxygen atoms in total. The van der Waals surface area contributed by atoms with E-state index >= 15 is 0 Å². The first-order valence-corrected chi connectivity index (χ1v) is 7.60. The summed E-state index contributed by atoms with van der Waals surface area (Å²) >= 11 is 0. The number of aryl methyl sites for hydroxylation is 1. The number of hydrogen-bond acceptors (Lipinski definition) is 3. The summed E-state index contributed by atoms with van der Waals surface area (Å²) in [5.41, 5.74) is 1.64. The van der Waals surface area contributed by atoms with Crippen LogP contribution in [0.5, 0.6) is 0 Å². The highest BCUT2D eigenvalue weighted by molar-refractivity contribution is 5.94. The SMILES string of the molecule is CCCn1ncc(C(=O)NCC[C@@H]2CCCOC2)c1C. The minimum atomic E-state index is -0.0124. The molecule has 112 valence electrons. The predicted octanol–water partition coefficient (Wildman–Crippen LogP) is 2.15. The van der Waals surface area contributed by atoms with Gasteiger partial charge in [0.05, 0.1) is 11.8 Å². The summed E-state index contributed by atoms with van der Waals surface area (Å²) in [5, 5.41) is 7.25. The van der Waals surface area contributed by atoms with Gasteiger partial charge in [-0.1, -0.05) is 6.92 Å². The van der Waals surface area contributed by atoms with Crippen LogP contribution in [0.4, 0.5) is 0 Å². The molecular weight excluding hydrogens is 254 g/mol. The van der Waals surface area contributed by atoms with E-state index in [0.29, 0.717) is 18.0 Å². The zero-order valence-electron chi connectivity index (χ0n) is 12.5. The number of ether oxygens (including phenoxy) is 1. The van der Waals surface area contributed by atoms with Crippen LogP contribution in [0.3, 0.4) is 0 Å². The maximum absolute atomic E-state index is 12.1. The highest BCUT2D eigenvalue weighted by Gasteiger charge is 2.16. The van der Waals surface area contributed by atoms with Crippen LogP contribution < -0.4 is 5.32 Å². The molecular formula is C15H25N3O2.